The third kappa shape index (κ3) is 4.94. The van der Waals surface area contributed by atoms with Crippen LogP contribution in [0.15, 0.2) is 33.8 Å². The van der Waals surface area contributed by atoms with Crippen LogP contribution in [0.2, 0.25) is 0 Å². The minimum absolute atomic E-state index is 0.423. The maximum atomic E-state index is 5.44. The van der Waals surface area contributed by atoms with Crippen LogP contribution in [0.5, 0.6) is 0 Å². The van der Waals surface area contributed by atoms with E-state index in [1.165, 1.54) is 0 Å². The minimum Gasteiger partial charge on any atom is -0.378 e. The number of morpholine rings is 2. The highest BCUT2D eigenvalue weighted by Gasteiger charge is 2.20. The molecule has 2 saturated heterocycles. The SMILES string of the molecule is Brc1ccc(/C=N/Nc2nc(N3CCOCC3)nc(N3CCOCC3)n2)cc1. The van der Waals surface area contributed by atoms with E-state index in [0.29, 0.717) is 44.3 Å². The predicted octanol–water partition coefficient (Wildman–Crippen LogP) is 1.75. The largest absolute Gasteiger partial charge is 0.378 e. The van der Waals surface area contributed by atoms with Gasteiger partial charge in [-0.3, -0.25) is 0 Å². The number of nitrogens with one attached hydrogen (secondary N) is 1. The molecule has 0 aliphatic carbocycles. The number of anilines is 3. The summed E-state index contributed by atoms with van der Waals surface area (Å²) in [7, 11) is 0. The van der Waals surface area contributed by atoms with Gasteiger partial charge in [0.2, 0.25) is 17.8 Å². The quantitative estimate of drug-likeness (QED) is 0.547. The Morgan fingerprint density at radius 1 is 0.857 bits per heavy atom. The molecule has 1 N–H and O–H groups in total. The molecular formula is C18H22BrN7O2. The first-order valence-electron chi connectivity index (χ1n) is 9.24. The molecule has 3 heterocycles. The highest BCUT2D eigenvalue weighted by molar-refractivity contribution is 9.10. The van der Waals surface area contributed by atoms with Gasteiger partial charge in [-0.25, -0.2) is 5.43 Å². The molecule has 28 heavy (non-hydrogen) atoms. The summed E-state index contributed by atoms with van der Waals surface area (Å²) < 4.78 is 11.9. The van der Waals surface area contributed by atoms with E-state index in [1.54, 1.807) is 6.21 Å². The lowest BCUT2D eigenvalue weighted by molar-refractivity contribution is 0.121. The van der Waals surface area contributed by atoms with Crippen LogP contribution in [0.4, 0.5) is 17.8 Å². The molecule has 2 aliphatic heterocycles. The molecule has 10 heteroatoms. The van der Waals surface area contributed by atoms with Crippen LogP contribution in [0.25, 0.3) is 0 Å². The van der Waals surface area contributed by atoms with Gasteiger partial charge in [0.1, 0.15) is 0 Å². The van der Waals surface area contributed by atoms with E-state index in [4.69, 9.17) is 9.47 Å². The van der Waals surface area contributed by atoms with Crippen molar-refractivity contribution in [1.82, 2.24) is 15.0 Å². The Labute approximate surface area is 171 Å². The van der Waals surface area contributed by atoms with Crippen molar-refractivity contribution < 1.29 is 9.47 Å². The number of hydrazone groups is 1. The third-order valence-electron chi connectivity index (χ3n) is 4.45. The summed E-state index contributed by atoms with van der Waals surface area (Å²) in [6, 6.07) is 7.89. The third-order valence-corrected chi connectivity index (χ3v) is 4.98. The molecule has 0 atom stereocenters. The lowest BCUT2D eigenvalue weighted by Gasteiger charge is -2.30. The van der Waals surface area contributed by atoms with Gasteiger partial charge >= 0.3 is 0 Å². The van der Waals surface area contributed by atoms with E-state index in [-0.39, 0.29) is 0 Å². The Morgan fingerprint density at radius 3 is 1.93 bits per heavy atom. The van der Waals surface area contributed by atoms with Crippen molar-refractivity contribution in [2.24, 2.45) is 5.10 Å². The molecule has 0 unspecified atom stereocenters. The molecule has 0 spiro atoms. The Balaban J connectivity index is 1.54. The van der Waals surface area contributed by atoms with Gasteiger partial charge in [-0.2, -0.15) is 20.1 Å². The van der Waals surface area contributed by atoms with Gasteiger partial charge in [0.15, 0.2) is 0 Å². The number of halogens is 1. The summed E-state index contributed by atoms with van der Waals surface area (Å²) >= 11 is 3.43. The van der Waals surface area contributed by atoms with Crippen molar-refractivity contribution >= 4 is 40.0 Å². The first-order chi connectivity index (χ1) is 13.8. The Hall–Kier alpha value is -2.30. The van der Waals surface area contributed by atoms with Crippen molar-refractivity contribution in [2.75, 3.05) is 67.8 Å². The number of benzene rings is 1. The van der Waals surface area contributed by atoms with Crippen molar-refractivity contribution in [1.29, 1.82) is 0 Å². The lowest BCUT2D eigenvalue weighted by Crippen LogP contribution is -2.40. The number of aromatic nitrogens is 3. The fourth-order valence-electron chi connectivity index (χ4n) is 2.93. The fourth-order valence-corrected chi connectivity index (χ4v) is 3.19. The van der Waals surface area contributed by atoms with Crippen molar-refractivity contribution in [2.45, 2.75) is 0 Å². The van der Waals surface area contributed by atoms with Crippen molar-refractivity contribution in [3.05, 3.63) is 34.3 Å². The molecule has 0 bridgehead atoms. The van der Waals surface area contributed by atoms with Crippen molar-refractivity contribution in [3.63, 3.8) is 0 Å². The summed E-state index contributed by atoms with van der Waals surface area (Å²) in [5.41, 5.74) is 3.92. The van der Waals surface area contributed by atoms with Gasteiger partial charge in [0.05, 0.1) is 32.6 Å². The van der Waals surface area contributed by atoms with E-state index in [2.05, 4.69) is 51.2 Å². The van der Waals surface area contributed by atoms with E-state index >= 15 is 0 Å². The molecule has 4 rings (SSSR count). The van der Waals surface area contributed by atoms with Gasteiger partial charge in [0.25, 0.3) is 0 Å². The number of ether oxygens (including phenoxy) is 2. The highest BCUT2D eigenvalue weighted by Crippen LogP contribution is 2.18. The zero-order valence-electron chi connectivity index (χ0n) is 15.4. The van der Waals surface area contributed by atoms with E-state index in [9.17, 15) is 0 Å². The summed E-state index contributed by atoms with van der Waals surface area (Å²) in [4.78, 5) is 18.0. The summed E-state index contributed by atoms with van der Waals surface area (Å²) in [5.74, 6) is 1.70. The zero-order chi connectivity index (χ0) is 19.2. The molecule has 0 amide bonds. The molecule has 0 radical (unpaired) electrons. The average Bonchev–Trinajstić information content (AvgIpc) is 2.76. The van der Waals surface area contributed by atoms with Gasteiger partial charge in [0, 0.05) is 30.7 Å². The highest BCUT2D eigenvalue weighted by atomic mass is 79.9. The molecule has 1 aromatic carbocycles. The predicted molar refractivity (Wildman–Crippen MR) is 111 cm³/mol. The average molecular weight is 448 g/mol. The van der Waals surface area contributed by atoms with Crippen LogP contribution in [-0.4, -0.2) is 73.8 Å². The Morgan fingerprint density at radius 2 is 1.39 bits per heavy atom. The molecule has 2 aliphatic rings. The maximum absolute atomic E-state index is 5.44. The van der Waals surface area contributed by atoms with Crippen molar-refractivity contribution in [3.8, 4) is 0 Å². The molecule has 0 saturated carbocycles. The second-order valence-electron chi connectivity index (χ2n) is 6.38. The molecular weight excluding hydrogens is 426 g/mol. The van der Waals surface area contributed by atoms with Crippen LogP contribution < -0.4 is 15.2 Å². The standard InChI is InChI=1S/C18H22BrN7O2/c19-15-3-1-14(2-4-15)13-20-24-16-21-17(25-5-9-27-10-6-25)23-18(22-16)26-7-11-28-12-8-26/h1-4,13H,5-12H2,(H,21,22,23,24)/b20-13+. The summed E-state index contributed by atoms with van der Waals surface area (Å²) in [6.07, 6.45) is 1.74. The fraction of sp³-hybridized carbons (Fsp3) is 0.444. The topological polar surface area (TPSA) is 88.0 Å². The van der Waals surface area contributed by atoms with E-state index < -0.39 is 0 Å². The second kappa shape index (κ2) is 9.26. The van der Waals surface area contributed by atoms with Gasteiger partial charge in [-0.1, -0.05) is 28.1 Å². The lowest BCUT2D eigenvalue weighted by atomic mass is 10.2. The van der Waals surface area contributed by atoms with E-state index in [0.717, 1.165) is 36.2 Å². The minimum atomic E-state index is 0.423. The van der Waals surface area contributed by atoms with Crippen LogP contribution in [0.1, 0.15) is 5.56 Å². The van der Waals surface area contributed by atoms with Crippen LogP contribution in [-0.2, 0) is 9.47 Å². The van der Waals surface area contributed by atoms with Crippen LogP contribution in [0.3, 0.4) is 0 Å². The molecule has 2 aromatic rings. The van der Waals surface area contributed by atoms with Gasteiger partial charge in [-0.15, -0.1) is 0 Å². The normalized spacial score (nSPS) is 17.9. The monoisotopic (exact) mass is 447 g/mol. The number of hydrogen-bond donors (Lipinski definition) is 1. The molecule has 2 fully saturated rings. The second-order valence-corrected chi connectivity index (χ2v) is 7.30. The number of rotatable bonds is 5. The van der Waals surface area contributed by atoms with Gasteiger partial charge in [-0.05, 0) is 17.7 Å². The molecule has 1 aromatic heterocycles. The van der Waals surface area contributed by atoms with Crippen LogP contribution >= 0.6 is 15.9 Å². The zero-order valence-corrected chi connectivity index (χ0v) is 17.0. The maximum Gasteiger partial charge on any atom is 0.250 e. The Kier molecular flexibility index (Phi) is 6.30. The smallest absolute Gasteiger partial charge is 0.250 e. The van der Waals surface area contributed by atoms with Gasteiger partial charge < -0.3 is 19.3 Å². The first-order valence-corrected chi connectivity index (χ1v) is 10.0. The first kappa shape index (κ1) is 19.0. The summed E-state index contributed by atoms with van der Waals surface area (Å²) in [6.45, 7) is 5.71. The molecule has 9 nitrogen and oxygen atoms in total. The summed E-state index contributed by atoms with van der Waals surface area (Å²) in [5, 5.41) is 4.28. The Bertz CT molecular complexity index is 770. The molecule has 148 valence electrons. The number of nitrogens with zero attached hydrogens (tertiary/aromatic N) is 6. The number of hydrogen-bond acceptors (Lipinski definition) is 9. The van der Waals surface area contributed by atoms with E-state index in [1.807, 2.05) is 24.3 Å². The van der Waals surface area contributed by atoms with Crippen LogP contribution in [0, 0.1) is 0 Å².